The van der Waals surface area contributed by atoms with Crippen molar-refractivity contribution < 1.29 is 9.53 Å². The number of hydrogen-bond donors (Lipinski definition) is 1. The van der Waals surface area contributed by atoms with E-state index in [2.05, 4.69) is 19.2 Å². The average molecular weight is 329 g/mol. The van der Waals surface area contributed by atoms with Gasteiger partial charge >= 0.3 is 0 Å². The van der Waals surface area contributed by atoms with Gasteiger partial charge in [0.2, 0.25) is 0 Å². The van der Waals surface area contributed by atoms with Crippen molar-refractivity contribution >= 4 is 17.7 Å². The summed E-state index contributed by atoms with van der Waals surface area (Å²) in [6, 6.07) is 15.3. The molecule has 1 atom stereocenters. The van der Waals surface area contributed by atoms with Crippen molar-refractivity contribution in [2.45, 2.75) is 37.0 Å². The predicted octanol–water partition coefficient (Wildman–Crippen LogP) is 4.69. The van der Waals surface area contributed by atoms with Crippen molar-refractivity contribution in [3.05, 3.63) is 59.7 Å². The maximum absolute atomic E-state index is 12.7. The summed E-state index contributed by atoms with van der Waals surface area (Å²) < 4.78 is 5.37. The summed E-state index contributed by atoms with van der Waals surface area (Å²) in [6.45, 7) is 6.21. The molecule has 0 aromatic heterocycles. The van der Waals surface area contributed by atoms with Gasteiger partial charge in [-0.25, -0.2) is 0 Å². The molecule has 4 heteroatoms. The lowest BCUT2D eigenvalue weighted by Crippen LogP contribution is -2.27. The third-order valence-corrected chi connectivity index (χ3v) is 4.53. The number of carbonyl (C=O) groups is 1. The molecule has 0 spiro atoms. The van der Waals surface area contributed by atoms with Crippen LogP contribution in [0.3, 0.4) is 0 Å². The summed E-state index contributed by atoms with van der Waals surface area (Å²) in [5, 5.41) is 3.50. The highest BCUT2D eigenvalue weighted by atomic mass is 32.2. The molecule has 1 amide bonds. The second kappa shape index (κ2) is 8.06. The molecule has 0 saturated carbocycles. The van der Waals surface area contributed by atoms with Crippen LogP contribution in [0.2, 0.25) is 0 Å². The second-order valence-electron chi connectivity index (χ2n) is 5.60. The molecule has 1 N–H and O–H groups in total. The van der Waals surface area contributed by atoms with Gasteiger partial charge in [0.25, 0.3) is 5.91 Å². The zero-order valence-corrected chi connectivity index (χ0v) is 14.8. The summed E-state index contributed by atoms with van der Waals surface area (Å²) in [5.41, 5.74) is 1.69. The van der Waals surface area contributed by atoms with Crippen molar-refractivity contribution in [3.63, 3.8) is 0 Å². The van der Waals surface area contributed by atoms with Gasteiger partial charge in [-0.3, -0.25) is 4.79 Å². The van der Waals surface area contributed by atoms with E-state index in [9.17, 15) is 4.79 Å². The topological polar surface area (TPSA) is 38.3 Å². The molecule has 122 valence electrons. The Bertz CT molecular complexity index is 670. The molecule has 0 heterocycles. The van der Waals surface area contributed by atoms with Crippen LogP contribution in [0.15, 0.2) is 53.4 Å². The van der Waals surface area contributed by atoms with Crippen LogP contribution in [0.5, 0.6) is 5.75 Å². The molecule has 2 aromatic rings. The first-order valence-corrected chi connectivity index (χ1v) is 8.60. The Hall–Kier alpha value is -1.94. The fourth-order valence-electron chi connectivity index (χ4n) is 2.39. The van der Waals surface area contributed by atoms with E-state index < -0.39 is 0 Å². The monoisotopic (exact) mass is 329 g/mol. The molecular weight excluding hydrogens is 306 g/mol. The highest BCUT2D eigenvalue weighted by molar-refractivity contribution is 8.00. The number of methoxy groups -OCH3 is 1. The van der Waals surface area contributed by atoms with Crippen molar-refractivity contribution in [3.8, 4) is 5.75 Å². The van der Waals surface area contributed by atoms with E-state index >= 15 is 0 Å². The molecule has 0 unspecified atom stereocenters. The van der Waals surface area contributed by atoms with Crippen LogP contribution in [-0.2, 0) is 0 Å². The molecule has 0 saturated heterocycles. The fraction of sp³-hybridized carbons (Fsp3) is 0.316. The SMILES string of the molecule is COc1ccccc1[C@H](C)NC(=O)c1ccccc1SC(C)C. The highest BCUT2D eigenvalue weighted by Crippen LogP contribution is 2.28. The van der Waals surface area contributed by atoms with Crippen LogP contribution in [0.25, 0.3) is 0 Å². The van der Waals surface area contributed by atoms with Gasteiger partial charge in [0.05, 0.1) is 18.7 Å². The van der Waals surface area contributed by atoms with Crippen LogP contribution in [0.1, 0.15) is 42.7 Å². The maximum atomic E-state index is 12.7. The van der Waals surface area contributed by atoms with Crippen molar-refractivity contribution in [2.24, 2.45) is 0 Å². The number of amides is 1. The van der Waals surface area contributed by atoms with E-state index in [0.717, 1.165) is 16.2 Å². The number of nitrogens with one attached hydrogen (secondary N) is 1. The molecule has 2 rings (SSSR count). The van der Waals surface area contributed by atoms with Gasteiger partial charge in [-0.15, -0.1) is 11.8 Å². The van der Waals surface area contributed by atoms with Gasteiger partial charge in [0.1, 0.15) is 5.75 Å². The number of carbonyl (C=O) groups excluding carboxylic acids is 1. The maximum Gasteiger partial charge on any atom is 0.252 e. The van der Waals surface area contributed by atoms with Crippen LogP contribution >= 0.6 is 11.8 Å². The summed E-state index contributed by atoms with van der Waals surface area (Å²) in [4.78, 5) is 13.7. The second-order valence-corrected chi connectivity index (χ2v) is 7.22. The van der Waals surface area contributed by atoms with Gasteiger partial charge in [0.15, 0.2) is 0 Å². The van der Waals surface area contributed by atoms with E-state index in [1.165, 1.54) is 0 Å². The number of benzene rings is 2. The van der Waals surface area contributed by atoms with Crippen LogP contribution in [0, 0.1) is 0 Å². The Morgan fingerprint density at radius 1 is 1.04 bits per heavy atom. The molecule has 0 aliphatic heterocycles. The molecule has 0 fully saturated rings. The first-order chi connectivity index (χ1) is 11.0. The third kappa shape index (κ3) is 4.52. The third-order valence-electron chi connectivity index (χ3n) is 3.45. The molecule has 0 aliphatic rings. The highest BCUT2D eigenvalue weighted by Gasteiger charge is 2.17. The summed E-state index contributed by atoms with van der Waals surface area (Å²) in [6.07, 6.45) is 0. The van der Waals surface area contributed by atoms with Gasteiger partial charge in [-0.1, -0.05) is 44.2 Å². The molecule has 0 bridgehead atoms. The number of rotatable bonds is 6. The first-order valence-electron chi connectivity index (χ1n) is 7.72. The Labute approximate surface area is 142 Å². The van der Waals surface area contributed by atoms with Gasteiger partial charge in [-0.2, -0.15) is 0 Å². The predicted molar refractivity (Wildman–Crippen MR) is 96.3 cm³/mol. The standard InChI is InChI=1S/C19H23NO2S/c1-13(2)23-18-12-8-6-10-16(18)19(21)20-14(3)15-9-5-7-11-17(15)22-4/h5-14H,1-4H3,(H,20,21)/t14-/m0/s1. The van der Waals surface area contributed by atoms with E-state index in [1.807, 2.05) is 55.5 Å². The molecule has 0 radical (unpaired) electrons. The van der Waals surface area contributed by atoms with Gasteiger partial charge in [0, 0.05) is 15.7 Å². The van der Waals surface area contributed by atoms with E-state index in [1.54, 1.807) is 18.9 Å². The van der Waals surface area contributed by atoms with Crippen LogP contribution in [-0.4, -0.2) is 18.3 Å². The normalized spacial score (nSPS) is 12.0. The van der Waals surface area contributed by atoms with Crippen LogP contribution in [0.4, 0.5) is 0 Å². The number of ether oxygens (including phenoxy) is 1. The Morgan fingerprint density at radius 2 is 1.70 bits per heavy atom. The minimum atomic E-state index is -0.129. The Kier molecular flexibility index (Phi) is 6.11. The fourth-order valence-corrected chi connectivity index (χ4v) is 3.34. The van der Waals surface area contributed by atoms with Gasteiger partial charge < -0.3 is 10.1 Å². The van der Waals surface area contributed by atoms with E-state index in [4.69, 9.17) is 4.74 Å². The summed E-state index contributed by atoms with van der Waals surface area (Å²) in [5.74, 6) is 0.720. The Morgan fingerprint density at radius 3 is 2.39 bits per heavy atom. The minimum Gasteiger partial charge on any atom is -0.496 e. The largest absolute Gasteiger partial charge is 0.496 e. The summed E-state index contributed by atoms with van der Waals surface area (Å²) in [7, 11) is 1.64. The van der Waals surface area contributed by atoms with Crippen LogP contribution < -0.4 is 10.1 Å². The van der Waals surface area contributed by atoms with Crippen molar-refractivity contribution in [2.75, 3.05) is 7.11 Å². The van der Waals surface area contributed by atoms with E-state index in [0.29, 0.717) is 10.8 Å². The van der Waals surface area contributed by atoms with E-state index in [-0.39, 0.29) is 11.9 Å². The number of hydrogen-bond acceptors (Lipinski definition) is 3. The zero-order chi connectivity index (χ0) is 16.8. The first kappa shape index (κ1) is 17.4. The lowest BCUT2D eigenvalue weighted by Gasteiger charge is -2.18. The zero-order valence-electron chi connectivity index (χ0n) is 14.0. The number of thioether (sulfide) groups is 1. The number of para-hydroxylation sites is 1. The van der Waals surface area contributed by atoms with Crippen molar-refractivity contribution in [1.29, 1.82) is 0 Å². The molecule has 0 aliphatic carbocycles. The minimum absolute atomic E-state index is 0.0628. The molecule has 2 aromatic carbocycles. The summed E-state index contributed by atoms with van der Waals surface area (Å²) >= 11 is 1.70. The smallest absolute Gasteiger partial charge is 0.252 e. The molecule has 3 nitrogen and oxygen atoms in total. The van der Waals surface area contributed by atoms with Gasteiger partial charge in [-0.05, 0) is 25.1 Å². The quantitative estimate of drug-likeness (QED) is 0.782. The lowest BCUT2D eigenvalue weighted by molar-refractivity contribution is 0.0936. The average Bonchev–Trinajstić information content (AvgIpc) is 2.54. The Balaban J connectivity index is 2.19. The molecule has 23 heavy (non-hydrogen) atoms. The molecular formula is C19H23NO2S. The van der Waals surface area contributed by atoms with Crippen molar-refractivity contribution in [1.82, 2.24) is 5.32 Å². The lowest BCUT2D eigenvalue weighted by atomic mass is 10.1.